The highest BCUT2D eigenvalue weighted by molar-refractivity contribution is 5.88. The van der Waals surface area contributed by atoms with Crippen molar-refractivity contribution in [3.05, 3.63) is 82.5 Å². The van der Waals surface area contributed by atoms with Crippen molar-refractivity contribution in [3.63, 3.8) is 0 Å². The smallest absolute Gasteiger partial charge is 0.508 e. The lowest BCUT2D eigenvalue weighted by Gasteiger charge is -2.45. The topological polar surface area (TPSA) is 359 Å². The molecule has 22 nitrogen and oxygen atoms in total. The Labute approximate surface area is 355 Å². The summed E-state index contributed by atoms with van der Waals surface area (Å²) >= 11 is 0. The second-order valence-electron chi connectivity index (χ2n) is 14.9. The van der Waals surface area contributed by atoms with Gasteiger partial charge in [0.15, 0.2) is 47.1 Å². The van der Waals surface area contributed by atoms with Crippen LogP contribution in [0.1, 0.15) is 5.56 Å². The molecule has 5 aliphatic rings. The summed E-state index contributed by atoms with van der Waals surface area (Å²) in [6, 6.07) is 12.6. The summed E-state index contributed by atoms with van der Waals surface area (Å²) in [5, 5.41) is 126. The van der Waals surface area contributed by atoms with Gasteiger partial charge in [-0.2, -0.15) is 0 Å². The molecular weight excluding hydrogens is 844 g/mol. The molecule has 22 heteroatoms. The lowest BCUT2D eigenvalue weighted by molar-refractivity contribution is -0.353. The minimum absolute atomic E-state index is 0.0302. The Morgan fingerprint density at radius 2 is 1.38 bits per heavy atom. The molecule has 14 unspecified atom stereocenters. The number of phenols is 4. The molecule has 4 heterocycles. The highest BCUT2D eigenvalue weighted by atomic mass is 16.8. The molecule has 0 bridgehead atoms. The zero-order chi connectivity index (χ0) is 45.3. The molecule has 0 radical (unpaired) electrons. The molecular formula is C41H45O22+. The number of benzene rings is 3. The second kappa shape index (κ2) is 19.1. The van der Waals surface area contributed by atoms with Gasteiger partial charge in [-0.15, -0.1) is 0 Å². The largest absolute Gasteiger partial charge is 0.510 e. The number of phenolic OH excluding ortho intramolecular Hbond substituents is 4. The van der Waals surface area contributed by atoms with Crippen molar-refractivity contribution < 1.29 is 104 Å². The average molecular weight is 890 g/mol. The third-order valence-corrected chi connectivity index (χ3v) is 10.5. The summed E-state index contributed by atoms with van der Waals surface area (Å²) in [6.45, 7) is -1.85. The molecule has 3 saturated heterocycles. The van der Waals surface area contributed by atoms with Crippen molar-refractivity contribution in [2.75, 3.05) is 19.8 Å². The minimum atomic E-state index is -2.02. The van der Waals surface area contributed by atoms with Gasteiger partial charge in [0, 0.05) is 17.7 Å². The van der Waals surface area contributed by atoms with Gasteiger partial charge in [-0.1, -0.05) is 12.1 Å². The summed E-state index contributed by atoms with van der Waals surface area (Å²) in [7, 11) is 0. The van der Waals surface area contributed by atoms with Gasteiger partial charge >= 0.3 is 5.97 Å². The van der Waals surface area contributed by atoms with Crippen LogP contribution in [0.15, 0.2) is 76.0 Å². The SMILES string of the molecule is O=c1cc2oc(-c3ccc(O)c(O)c3)c(OC3OC(COC4OC(COC(=[OH+])C=Cc5ccc(O)cc5)C(O)C(O)C4O)C(O)C(O)C3OC3OCC(O)C(O)C3O)cc-2c(O)c1. The van der Waals surface area contributed by atoms with Crippen molar-refractivity contribution in [3.8, 4) is 51.4 Å². The molecule has 3 fully saturated rings. The van der Waals surface area contributed by atoms with Crippen LogP contribution in [0.3, 0.4) is 0 Å². The standard InChI is InChI=1S/C41H44O22/c42-18-5-1-16(2-6-18)3-8-29(48)56-14-27-31(50)33(52)36(55)39(61-27)58-15-28-32(51)34(53)38(63-40-35(54)30(49)24(47)13-57-40)41(62-28)60-26-12-20-22(45)10-19(43)11-25(20)59-37(26)17-4-7-21(44)23(46)9-17/h1-12,24,27-28,30-36,38-42,44-47,49-55H,13-15H2/p+1. The molecule has 14 atom stereocenters. The van der Waals surface area contributed by atoms with Gasteiger partial charge in [0.05, 0.1) is 24.9 Å². The maximum atomic E-state index is 12.3. The lowest BCUT2D eigenvalue weighted by atomic mass is 9.97. The van der Waals surface area contributed by atoms with Gasteiger partial charge in [-0.05, 0) is 48.0 Å². The second-order valence-corrected chi connectivity index (χ2v) is 14.9. The Kier molecular flexibility index (Phi) is 13.8. The van der Waals surface area contributed by atoms with Crippen LogP contribution in [0, 0.1) is 0 Å². The Bertz CT molecular complexity index is 2260. The van der Waals surface area contributed by atoms with E-state index >= 15 is 0 Å². The van der Waals surface area contributed by atoms with Gasteiger partial charge in [0.2, 0.25) is 12.9 Å². The van der Waals surface area contributed by atoms with Crippen LogP contribution < -0.4 is 10.2 Å². The summed E-state index contributed by atoms with van der Waals surface area (Å²) in [6.07, 6.45) is -22.4. The first-order valence-corrected chi connectivity index (χ1v) is 19.3. The zero-order valence-corrected chi connectivity index (χ0v) is 32.6. The predicted molar refractivity (Wildman–Crippen MR) is 209 cm³/mol. The van der Waals surface area contributed by atoms with E-state index in [1.807, 2.05) is 0 Å². The number of hydrogen-bond acceptors (Lipinski definition) is 21. The fourth-order valence-electron chi connectivity index (χ4n) is 6.94. The molecule has 4 aliphatic heterocycles. The molecule has 1 aliphatic carbocycles. The van der Waals surface area contributed by atoms with Crippen molar-refractivity contribution >= 4 is 12.0 Å². The highest BCUT2D eigenvalue weighted by Crippen LogP contribution is 2.43. The maximum Gasteiger partial charge on any atom is 0.510 e. The summed E-state index contributed by atoms with van der Waals surface area (Å²) < 4.78 is 46.0. The Hall–Kier alpha value is -5.44. The molecule has 0 amide bonds. The normalized spacial score (nSPS) is 32.4. The molecule has 2 aromatic carbocycles. The molecule has 13 N–H and O–H groups in total. The van der Waals surface area contributed by atoms with Gasteiger partial charge in [-0.3, -0.25) is 4.79 Å². The first-order chi connectivity index (χ1) is 30.0. The molecule has 2 aromatic rings. The number of fused-ring (bicyclic) bond motifs is 1. The van der Waals surface area contributed by atoms with Gasteiger partial charge < -0.3 is 104 Å². The van der Waals surface area contributed by atoms with E-state index in [2.05, 4.69) is 0 Å². The third-order valence-electron chi connectivity index (χ3n) is 10.5. The lowest BCUT2D eigenvalue weighted by Crippen LogP contribution is -2.64. The van der Waals surface area contributed by atoms with E-state index in [0.717, 1.165) is 24.3 Å². The quantitative estimate of drug-likeness (QED) is 0.0315. The number of rotatable bonds is 12. The molecule has 0 saturated carbocycles. The first kappa shape index (κ1) is 45.6. The number of aromatic hydroxyl groups is 4. The van der Waals surface area contributed by atoms with Crippen LogP contribution in [0.5, 0.6) is 28.7 Å². The third kappa shape index (κ3) is 10.0. The summed E-state index contributed by atoms with van der Waals surface area (Å²) in [4.78, 5) is 22.5. The van der Waals surface area contributed by atoms with E-state index in [1.165, 1.54) is 36.4 Å². The van der Waals surface area contributed by atoms with Crippen LogP contribution in [0.2, 0.25) is 0 Å². The number of esters is 1. The Morgan fingerprint density at radius 3 is 2.11 bits per heavy atom. The van der Waals surface area contributed by atoms with E-state index in [1.54, 1.807) is 12.1 Å². The minimum Gasteiger partial charge on any atom is -0.508 e. The fraction of sp³-hybridized carbons (Fsp3) is 0.415. The number of hydrogen-bond donors (Lipinski definition) is 12. The molecule has 0 aromatic heterocycles. The van der Waals surface area contributed by atoms with Crippen LogP contribution in [0.4, 0.5) is 0 Å². The number of aliphatic hydroxyl groups is 8. The first-order valence-electron chi connectivity index (χ1n) is 19.3. The van der Waals surface area contributed by atoms with E-state index < -0.39 is 134 Å². The Morgan fingerprint density at radius 1 is 0.698 bits per heavy atom. The van der Waals surface area contributed by atoms with Crippen LogP contribution in [0.25, 0.3) is 28.7 Å². The zero-order valence-electron chi connectivity index (χ0n) is 32.6. The van der Waals surface area contributed by atoms with Crippen molar-refractivity contribution in [1.82, 2.24) is 0 Å². The molecule has 0 spiro atoms. The number of aliphatic hydroxyl groups excluding tert-OH is 8. The van der Waals surface area contributed by atoms with Crippen molar-refractivity contribution in [2.45, 2.75) is 86.0 Å². The molecule has 7 rings (SSSR count). The summed E-state index contributed by atoms with van der Waals surface area (Å²) in [5.41, 5.74) is -0.0799. The maximum absolute atomic E-state index is 12.3. The fourth-order valence-corrected chi connectivity index (χ4v) is 6.94. The van der Waals surface area contributed by atoms with Crippen LogP contribution in [-0.4, -0.2) is 178 Å². The Balaban J connectivity index is 1.13. The number of ether oxygens (including phenoxy) is 7. The van der Waals surface area contributed by atoms with E-state index in [-0.39, 0.29) is 34.1 Å². The number of carbonyl (C=O) groups excluding carboxylic acids is 1. The van der Waals surface area contributed by atoms with Crippen LogP contribution >= 0.6 is 0 Å². The van der Waals surface area contributed by atoms with Gasteiger partial charge in [0.1, 0.15) is 78.3 Å². The van der Waals surface area contributed by atoms with Crippen molar-refractivity contribution in [2.24, 2.45) is 0 Å². The van der Waals surface area contributed by atoms with Gasteiger partial charge in [-0.25, -0.2) is 0 Å². The highest BCUT2D eigenvalue weighted by Gasteiger charge is 2.52. The average Bonchev–Trinajstić information content (AvgIpc) is 3.25. The van der Waals surface area contributed by atoms with Gasteiger partial charge in [0.25, 0.3) is 0 Å². The van der Waals surface area contributed by atoms with E-state index in [4.69, 9.17) is 37.6 Å². The predicted octanol–water partition coefficient (Wildman–Crippen LogP) is -2.06. The molecule has 340 valence electrons. The van der Waals surface area contributed by atoms with Crippen LogP contribution in [-0.2, 0) is 28.4 Å². The van der Waals surface area contributed by atoms with Crippen molar-refractivity contribution in [1.29, 1.82) is 0 Å². The molecule has 63 heavy (non-hydrogen) atoms. The summed E-state index contributed by atoms with van der Waals surface area (Å²) in [5.74, 6) is -2.97. The van der Waals surface area contributed by atoms with E-state index in [9.17, 15) is 70.9 Å². The monoisotopic (exact) mass is 889 g/mol. The van der Waals surface area contributed by atoms with E-state index in [0.29, 0.717) is 5.56 Å².